The van der Waals surface area contributed by atoms with Crippen LogP contribution < -0.4 is 10.1 Å². The summed E-state index contributed by atoms with van der Waals surface area (Å²) < 4.78 is 5.74. The molecule has 4 nitrogen and oxygen atoms in total. The number of aromatic nitrogens is 2. The molecule has 0 radical (unpaired) electrons. The van der Waals surface area contributed by atoms with Crippen molar-refractivity contribution in [2.75, 3.05) is 11.9 Å². The third kappa shape index (κ3) is 4.59. The standard InChI is InChI=1S/C13H23N3O/c1-5-8-14-12-9-13(17-10(4)6-2)16-11(7-3)15-12/h9-10H,5-8H2,1-4H3,(H,14,15,16). The Morgan fingerprint density at radius 2 is 2.06 bits per heavy atom. The number of rotatable bonds is 7. The minimum Gasteiger partial charge on any atom is -0.475 e. The van der Waals surface area contributed by atoms with Crippen LogP contribution in [-0.2, 0) is 6.42 Å². The van der Waals surface area contributed by atoms with Crippen molar-refractivity contribution < 1.29 is 4.74 Å². The van der Waals surface area contributed by atoms with Crippen LogP contribution in [0, 0.1) is 0 Å². The Balaban J connectivity index is 2.80. The number of nitrogens with one attached hydrogen (secondary N) is 1. The van der Waals surface area contributed by atoms with Crippen molar-refractivity contribution in [3.63, 3.8) is 0 Å². The summed E-state index contributed by atoms with van der Waals surface area (Å²) in [7, 11) is 0. The fourth-order valence-corrected chi connectivity index (χ4v) is 1.32. The molecular weight excluding hydrogens is 214 g/mol. The molecular formula is C13H23N3O. The predicted molar refractivity (Wildman–Crippen MR) is 70.6 cm³/mol. The molecule has 0 saturated carbocycles. The van der Waals surface area contributed by atoms with Gasteiger partial charge < -0.3 is 10.1 Å². The van der Waals surface area contributed by atoms with Gasteiger partial charge in [0.15, 0.2) is 0 Å². The van der Waals surface area contributed by atoms with E-state index in [0.717, 1.165) is 37.4 Å². The maximum Gasteiger partial charge on any atom is 0.218 e. The van der Waals surface area contributed by atoms with Gasteiger partial charge in [0.25, 0.3) is 0 Å². The monoisotopic (exact) mass is 237 g/mol. The summed E-state index contributed by atoms with van der Waals surface area (Å²) in [6.45, 7) is 9.25. The smallest absolute Gasteiger partial charge is 0.218 e. The lowest BCUT2D eigenvalue weighted by atomic mass is 10.3. The average Bonchev–Trinajstić information content (AvgIpc) is 2.35. The van der Waals surface area contributed by atoms with Crippen molar-refractivity contribution >= 4 is 5.82 Å². The molecule has 1 aromatic heterocycles. The summed E-state index contributed by atoms with van der Waals surface area (Å²) in [6.07, 6.45) is 3.06. The van der Waals surface area contributed by atoms with Crippen LogP contribution in [0.3, 0.4) is 0 Å². The van der Waals surface area contributed by atoms with E-state index < -0.39 is 0 Å². The first-order valence-corrected chi connectivity index (χ1v) is 6.48. The molecule has 96 valence electrons. The number of aryl methyl sites for hydroxylation is 1. The van der Waals surface area contributed by atoms with E-state index in [0.29, 0.717) is 5.88 Å². The molecule has 0 saturated heterocycles. The Labute approximate surface area is 104 Å². The second kappa shape index (κ2) is 7.09. The number of hydrogen-bond donors (Lipinski definition) is 1. The second-order valence-corrected chi connectivity index (χ2v) is 4.12. The molecule has 1 N–H and O–H groups in total. The van der Waals surface area contributed by atoms with Crippen LogP contribution in [0.25, 0.3) is 0 Å². The molecule has 1 aromatic rings. The predicted octanol–water partition coefficient (Wildman–Crippen LogP) is 3.04. The number of anilines is 1. The van der Waals surface area contributed by atoms with Crippen LogP contribution in [0.4, 0.5) is 5.82 Å². The molecule has 4 heteroatoms. The van der Waals surface area contributed by atoms with Crippen LogP contribution in [-0.4, -0.2) is 22.6 Å². The van der Waals surface area contributed by atoms with Crippen molar-refractivity contribution in [3.05, 3.63) is 11.9 Å². The first-order valence-electron chi connectivity index (χ1n) is 6.48. The van der Waals surface area contributed by atoms with Crippen molar-refractivity contribution in [3.8, 4) is 5.88 Å². The van der Waals surface area contributed by atoms with Crippen molar-refractivity contribution in [2.45, 2.75) is 53.1 Å². The van der Waals surface area contributed by atoms with E-state index in [4.69, 9.17) is 4.74 Å². The lowest BCUT2D eigenvalue weighted by Crippen LogP contribution is -2.13. The van der Waals surface area contributed by atoms with Crippen LogP contribution in [0.15, 0.2) is 6.07 Å². The fourth-order valence-electron chi connectivity index (χ4n) is 1.32. The normalized spacial score (nSPS) is 12.2. The zero-order chi connectivity index (χ0) is 12.7. The molecule has 1 unspecified atom stereocenters. The van der Waals surface area contributed by atoms with Gasteiger partial charge in [-0.2, -0.15) is 4.98 Å². The first kappa shape index (κ1) is 13.7. The quantitative estimate of drug-likeness (QED) is 0.791. The summed E-state index contributed by atoms with van der Waals surface area (Å²) in [5.41, 5.74) is 0. The largest absolute Gasteiger partial charge is 0.475 e. The van der Waals surface area contributed by atoms with E-state index in [-0.39, 0.29) is 6.10 Å². The molecule has 0 aliphatic rings. The number of hydrogen-bond acceptors (Lipinski definition) is 4. The zero-order valence-electron chi connectivity index (χ0n) is 11.3. The van der Waals surface area contributed by atoms with Gasteiger partial charge in [-0.25, -0.2) is 4.98 Å². The molecule has 0 bridgehead atoms. The van der Waals surface area contributed by atoms with Gasteiger partial charge >= 0.3 is 0 Å². The van der Waals surface area contributed by atoms with Gasteiger partial charge in [-0.1, -0.05) is 20.8 Å². The summed E-state index contributed by atoms with van der Waals surface area (Å²) in [4.78, 5) is 8.79. The second-order valence-electron chi connectivity index (χ2n) is 4.12. The first-order chi connectivity index (χ1) is 8.19. The van der Waals surface area contributed by atoms with Gasteiger partial charge in [0.05, 0.1) is 6.10 Å². The Hall–Kier alpha value is -1.32. The Morgan fingerprint density at radius 1 is 1.29 bits per heavy atom. The van der Waals surface area contributed by atoms with Gasteiger partial charge in [0.1, 0.15) is 11.6 Å². The van der Waals surface area contributed by atoms with E-state index in [2.05, 4.69) is 29.1 Å². The van der Waals surface area contributed by atoms with Crippen LogP contribution in [0.5, 0.6) is 5.88 Å². The van der Waals surface area contributed by atoms with Crippen molar-refractivity contribution in [1.29, 1.82) is 0 Å². The molecule has 0 aliphatic carbocycles. The maximum absolute atomic E-state index is 5.74. The zero-order valence-corrected chi connectivity index (χ0v) is 11.3. The topological polar surface area (TPSA) is 47.0 Å². The number of ether oxygens (including phenoxy) is 1. The van der Waals surface area contributed by atoms with E-state index >= 15 is 0 Å². The third-order valence-electron chi connectivity index (χ3n) is 2.52. The molecule has 0 aromatic carbocycles. The van der Waals surface area contributed by atoms with Gasteiger partial charge in [-0.05, 0) is 19.8 Å². The molecule has 0 fully saturated rings. The maximum atomic E-state index is 5.74. The highest BCUT2D eigenvalue weighted by Gasteiger charge is 2.07. The highest BCUT2D eigenvalue weighted by Crippen LogP contribution is 2.16. The van der Waals surface area contributed by atoms with Gasteiger partial charge in [-0.15, -0.1) is 0 Å². The third-order valence-corrected chi connectivity index (χ3v) is 2.52. The Bertz CT molecular complexity index is 341. The minimum absolute atomic E-state index is 0.189. The Morgan fingerprint density at radius 3 is 2.65 bits per heavy atom. The summed E-state index contributed by atoms with van der Waals surface area (Å²) in [6, 6.07) is 1.88. The highest BCUT2D eigenvalue weighted by molar-refractivity contribution is 5.38. The van der Waals surface area contributed by atoms with E-state index in [1.165, 1.54) is 0 Å². The Kier molecular flexibility index (Phi) is 5.73. The van der Waals surface area contributed by atoms with Crippen LogP contribution in [0.2, 0.25) is 0 Å². The van der Waals surface area contributed by atoms with Crippen molar-refractivity contribution in [1.82, 2.24) is 9.97 Å². The average molecular weight is 237 g/mol. The lowest BCUT2D eigenvalue weighted by Gasteiger charge is -2.13. The van der Waals surface area contributed by atoms with Gasteiger partial charge in [-0.3, -0.25) is 0 Å². The van der Waals surface area contributed by atoms with Crippen LogP contribution >= 0.6 is 0 Å². The van der Waals surface area contributed by atoms with Crippen LogP contribution in [0.1, 0.15) is 46.4 Å². The van der Waals surface area contributed by atoms with Gasteiger partial charge in [0.2, 0.25) is 5.88 Å². The molecule has 1 rings (SSSR count). The van der Waals surface area contributed by atoms with E-state index in [1.807, 2.05) is 19.9 Å². The van der Waals surface area contributed by atoms with E-state index in [1.54, 1.807) is 0 Å². The highest BCUT2D eigenvalue weighted by atomic mass is 16.5. The summed E-state index contributed by atoms with van der Waals surface area (Å²) in [5, 5.41) is 3.27. The molecule has 0 spiro atoms. The number of nitrogens with zero attached hydrogens (tertiary/aromatic N) is 2. The molecule has 1 heterocycles. The van der Waals surface area contributed by atoms with Gasteiger partial charge in [0, 0.05) is 19.0 Å². The minimum atomic E-state index is 0.189. The summed E-state index contributed by atoms with van der Waals surface area (Å²) in [5.74, 6) is 2.35. The molecule has 17 heavy (non-hydrogen) atoms. The fraction of sp³-hybridized carbons (Fsp3) is 0.692. The molecule has 1 atom stereocenters. The van der Waals surface area contributed by atoms with E-state index in [9.17, 15) is 0 Å². The summed E-state index contributed by atoms with van der Waals surface area (Å²) >= 11 is 0. The lowest BCUT2D eigenvalue weighted by molar-refractivity contribution is 0.208. The SMILES string of the molecule is CCCNc1cc(OC(C)CC)nc(CC)n1. The molecule has 0 amide bonds. The molecule has 0 aliphatic heterocycles. The van der Waals surface area contributed by atoms with Crippen molar-refractivity contribution in [2.24, 2.45) is 0 Å².